The van der Waals surface area contributed by atoms with Crippen molar-refractivity contribution in [2.45, 2.75) is 91.8 Å². The number of nitrogens with one attached hydrogen (secondary N) is 1. The van der Waals surface area contributed by atoms with Crippen LogP contribution in [0.2, 0.25) is 0 Å². The van der Waals surface area contributed by atoms with Crippen LogP contribution in [-0.4, -0.2) is 62.4 Å². The Hall–Kier alpha value is -1.64. The fourth-order valence-corrected chi connectivity index (χ4v) is 7.70. The van der Waals surface area contributed by atoms with Crippen LogP contribution in [0.3, 0.4) is 0 Å². The van der Waals surface area contributed by atoms with Crippen LogP contribution in [0.4, 0.5) is 0 Å². The summed E-state index contributed by atoms with van der Waals surface area (Å²) in [4.78, 5) is 39.7. The van der Waals surface area contributed by atoms with Gasteiger partial charge in [0.15, 0.2) is 17.9 Å². The lowest BCUT2D eigenvalue weighted by Gasteiger charge is -2.45. The molecule has 10 heteroatoms. The highest BCUT2D eigenvalue weighted by Gasteiger charge is 2.66. The summed E-state index contributed by atoms with van der Waals surface area (Å²) in [6.07, 6.45) is 5.13. The molecule has 7 atom stereocenters. The number of aldehydes is 1. The van der Waals surface area contributed by atoms with Gasteiger partial charge in [-0.15, -0.1) is 0 Å². The number of Topliss-reactive ketones (excluding diaryl/α,β-unsaturated/α-hetero) is 1. The maximum atomic E-state index is 14.2. The third-order valence-corrected chi connectivity index (χ3v) is 10.4. The first-order valence-corrected chi connectivity index (χ1v) is 15.6. The third kappa shape index (κ3) is 6.33. The molecule has 2 heterocycles. The largest absolute Gasteiger partial charge is 0.352 e. The van der Waals surface area contributed by atoms with E-state index in [4.69, 9.17) is 18.5 Å². The second kappa shape index (κ2) is 12.1. The number of carbonyl (C=O) groups is 3. The number of carbonyl (C=O) groups excluding carboxylic acids is 3. The van der Waals surface area contributed by atoms with Gasteiger partial charge in [-0.1, -0.05) is 44.1 Å². The second-order valence-electron chi connectivity index (χ2n) is 12.2. The van der Waals surface area contributed by atoms with E-state index in [0.29, 0.717) is 18.8 Å². The summed E-state index contributed by atoms with van der Waals surface area (Å²) in [6, 6.07) is -0.194. The normalized spacial score (nSPS) is 34.6. The Bertz CT molecular complexity index is 1060. The van der Waals surface area contributed by atoms with Gasteiger partial charge in [0.25, 0.3) is 0 Å². The lowest BCUT2D eigenvalue weighted by atomic mass is 9.55. The molecule has 39 heavy (non-hydrogen) atoms. The minimum atomic E-state index is -3.71. The Morgan fingerprint density at radius 1 is 1.23 bits per heavy atom. The van der Waals surface area contributed by atoms with Gasteiger partial charge >= 0.3 is 7.60 Å². The highest BCUT2D eigenvalue weighted by molar-refractivity contribution is 7.54. The predicted octanol–water partition coefficient (Wildman–Crippen LogP) is 4.85. The number of ketones is 1. The molecule has 0 spiro atoms. The summed E-state index contributed by atoms with van der Waals surface area (Å²) >= 11 is 0. The molecule has 3 rings (SSSR count). The van der Waals surface area contributed by atoms with Crippen molar-refractivity contribution in [3.63, 3.8) is 0 Å². The van der Waals surface area contributed by atoms with E-state index in [1.807, 2.05) is 26.0 Å². The van der Waals surface area contributed by atoms with Gasteiger partial charge in [0.1, 0.15) is 17.7 Å². The van der Waals surface area contributed by atoms with E-state index in [0.717, 1.165) is 23.9 Å². The Labute approximate surface area is 233 Å². The zero-order valence-electron chi connectivity index (χ0n) is 24.8. The number of amides is 1. The van der Waals surface area contributed by atoms with Crippen molar-refractivity contribution < 1.29 is 37.5 Å². The smallest absolute Gasteiger partial charge is 0.337 e. The molecule has 1 amide bonds. The van der Waals surface area contributed by atoms with Gasteiger partial charge in [0.2, 0.25) is 5.91 Å². The van der Waals surface area contributed by atoms with E-state index in [-0.39, 0.29) is 29.9 Å². The van der Waals surface area contributed by atoms with Crippen LogP contribution in [0.15, 0.2) is 23.3 Å². The van der Waals surface area contributed by atoms with Gasteiger partial charge in [0, 0.05) is 32.1 Å². The van der Waals surface area contributed by atoms with Gasteiger partial charge < -0.3 is 28.6 Å². The summed E-state index contributed by atoms with van der Waals surface area (Å²) in [5, 5.41) is 3.16. The molecule has 0 saturated carbocycles. The monoisotopic (exact) mass is 567 g/mol. The molecule has 0 radical (unpaired) electrons. The predicted molar refractivity (Wildman–Crippen MR) is 148 cm³/mol. The van der Waals surface area contributed by atoms with E-state index in [2.05, 4.69) is 26.1 Å². The van der Waals surface area contributed by atoms with Crippen LogP contribution in [0.25, 0.3) is 0 Å². The minimum absolute atomic E-state index is 0.0364. The van der Waals surface area contributed by atoms with Gasteiger partial charge in [0.05, 0.1) is 6.10 Å². The molecule has 0 aromatic rings. The summed E-state index contributed by atoms with van der Waals surface area (Å²) in [6.45, 7) is 13.8. The maximum Gasteiger partial charge on any atom is 0.337 e. The van der Waals surface area contributed by atoms with Gasteiger partial charge in [-0.05, 0) is 58.8 Å². The molecule has 220 valence electrons. The number of hydrogen-bond donors (Lipinski definition) is 1. The van der Waals surface area contributed by atoms with Crippen molar-refractivity contribution in [3.8, 4) is 0 Å². The van der Waals surface area contributed by atoms with Crippen molar-refractivity contribution in [2.24, 2.45) is 29.1 Å². The van der Waals surface area contributed by atoms with E-state index in [1.54, 1.807) is 13.8 Å². The fourth-order valence-electron chi connectivity index (χ4n) is 6.68. The fraction of sp³-hybridized carbons (Fsp3) is 0.759. The molecular weight excluding hydrogens is 521 g/mol. The van der Waals surface area contributed by atoms with Gasteiger partial charge in [-0.25, -0.2) is 0 Å². The molecule has 2 saturated heterocycles. The van der Waals surface area contributed by atoms with Crippen molar-refractivity contribution >= 4 is 25.6 Å². The van der Waals surface area contributed by atoms with E-state index in [1.165, 1.54) is 14.2 Å². The topological polar surface area (TPSA) is 117 Å². The molecule has 0 unspecified atom stereocenters. The van der Waals surface area contributed by atoms with E-state index < -0.39 is 42.8 Å². The van der Waals surface area contributed by atoms with Crippen LogP contribution >= 0.6 is 7.60 Å². The maximum absolute atomic E-state index is 14.2. The van der Waals surface area contributed by atoms with E-state index in [9.17, 15) is 18.9 Å². The highest BCUT2D eigenvalue weighted by Crippen LogP contribution is 2.57. The first-order chi connectivity index (χ1) is 18.1. The third-order valence-electron chi connectivity index (χ3n) is 8.60. The minimum Gasteiger partial charge on any atom is -0.352 e. The molecule has 2 fully saturated rings. The molecule has 2 aliphatic heterocycles. The zero-order valence-corrected chi connectivity index (χ0v) is 25.7. The summed E-state index contributed by atoms with van der Waals surface area (Å²) in [7, 11) is -1.21. The van der Waals surface area contributed by atoms with Crippen molar-refractivity contribution in [1.82, 2.24) is 5.32 Å². The Kier molecular flexibility index (Phi) is 9.87. The number of hydrogen-bond acceptors (Lipinski definition) is 8. The van der Waals surface area contributed by atoms with Crippen molar-refractivity contribution in [2.75, 3.05) is 20.4 Å². The number of allylic oxidation sites excluding steroid dienone is 4. The Balaban J connectivity index is 2.02. The molecule has 1 aliphatic carbocycles. The summed E-state index contributed by atoms with van der Waals surface area (Å²) < 4.78 is 34.9. The Morgan fingerprint density at radius 2 is 1.87 bits per heavy atom. The van der Waals surface area contributed by atoms with Crippen LogP contribution < -0.4 is 5.32 Å². The van der Waals surface area contributed by atoms with Crippen LogP contribution in [0.5, 0.6) is 0 Å². The molecule has 0 aromatic carbocycles. The number of ether oxygens (including phenoxy) is 2. The SMILES string of the molecule is COP(=O)(CC(=O)[C@@]12C(=O)N[C@@H](CC(C)C)[C@@H]1[C@H](C)C(C)=C[C@@H]2/C=C(\C)CC[C@H]1OC(C)(C)O[C@H]1C=O)OC. The molecular formula is C29H46NO8P. The molecule has 9 nitrogen and oxygen atoms in total. The molecule has 0 bridgehead atoms. The lowest BCUT2D eigenvalue weighted by molar-refractivity contribution is -0.150. The summed E-state index contributed by atoms with van der Waals surface area (Å²) in [5.41, 5.74) is 0.635. The standard InChI is InChI=1S/C29H46NO8P/c1-17(2)12-22-26-20(5)19(4)14-21(13-18(3)10-11-23-24(15-31)38-28(6,7)37-23)29(26,27(33)30-22)25(32)16-39(34,35-8)36-9/h13-15,17,20-24,26H,10-12,16H2,1-9H3,(H,30,33)/b18-13+/t20-,21+,22+,23-,24+,26+,29-/m1/s1. The average molecular weight is 568 g/mol. The van der Waals surface area contributed by atoms with Crippen molar-refractivity contribution in [3.05, 3.63) is 23.3 Å². The second-order valence-corrected chi connectivity index (χ2v) is 14.5. The van der Waals surface area contributed by atoms with Gasteiger partial charge in [-0.3, -0.25) is 14.2 Å². The summed E-state index contributed by atoms with van der Waals surface area (Å²) in [5.74, 6) is -2.17. The first-order valence-electron chi connectivity index (χ1n) is 13.9. The average Bonchev–Trinajstić information content (AvgIpc) is 3.32. The zero-order chi connectivity index (χ0) is 29.3. The first kappa shape index (κ1) is 31.9. The van der Waals surface area contributed by atoms with Gasteiger partial charge in [-0.2, -0.15) is 0 Å². The van der Waals surface area contributed by atoms with Crippen LogP contribution in [0, 0.1) is 29.1 Å². The molecule has 0 aromatic heterocycles. The molecule has 3 aliphatic rings. The quantitative estimate of drug-likeness (QED) is 0.154. The van der Waals surface area contributed by atoms with Crippen molar-refractivity contribution in [1.29, 1.82) is 0 Å². The highest BCUT2D eigenvalue weighted by atomic mass is 31.2. The molecule has 1 N–H and O–H groups in total. The number of rotatable bonds is 12. The van der Waals surface area contributed by atoms with E-state index >= 15 is 0 Å². The van der Waals surface area contributed by atoms with Crippen LogP contribution in [0.1, 0.15) is 67.7 Å². The lowest BCUT2D eigenvalue weighted by Crippen LogP contribution is -2.53. The Morgan fingerprint density at radius 3 is 2.44 bits per heavy atom. The van der Waals surface area contributed by atoms with Crippen LogP contribution in [-0.2, 0) is 37.5 Å². The number of fused-ring (bicyclic) bond motifs is 1.